The average molecular weight is 584 g/mol. The summed E-state index contributed by atoms with van der Waals surface area (Å²) < 4.78 is 66.9. The second kappa shape index (κ2) is 19.7. The molecule has 0 saturated carbocycles. The fourth-order valence-corrected chi connectivity index (χ4v) is 1.59. The molecule has 0 unspecified atom stereocenters. The maximum absolute atomic E-state index is 10.2. The van der Waals surface area contributed by atoms with Gasteiger partial charge in [0.05, 0.1) is 16.7 Å². The second-order valence-electron chi connectivity index (χ2n) is 5.62. The number of H-pyrrole nitrogens is 3. The first-order valence-corrected chi connectivity index (χ1v) is 11.5. The summed E-state index contributed by atoms with van der Waals surface area (Å²) in [5.74, 6) is -2.70. The van der Waals surface area contributed by atoms with E-state index in [9.17, 15) is 14.4 Å². The molecule has 0 fully saturated rings. The number of carboxylic acid groups (broad SMARTS) is 3. The van der Waals surface area contributed by atoms with Gasteiger partial charge in [-0.1, -0.05) is 0 Å². The summed E-state index contributed by atoms with van der Waals surface area (Å²) in [6.07, 6.45) is 9.44. The van der Waals surface area contributed by atoms with E-state index in [1.165, 1.54) is 36.4 Å². The molecule has 0 aliphatic rings. The van der Waals surface area contributed by atoms with Gasteiger partial charge in [0, 0.05) is 46.8 Å². The Morgan fingerprint density at radius 1 is 0.553 bits per heavy atom. The molecule has 3 heterocycles. The smallest absolute Gasteiger partial charge is 0.336 e. The van der Waals surface area contributed by atoms with Crippen LogP contribution in [0.4, 0.5) is 0 Å². The van der Waals surface area contributed by atoms with Crippen molar-refractivity contribution in [2.24, 2.45) is 0 Å². The number of carboxylic acids is 3. The van der Waals surface area contributed by atoms with Crippen molar-refractivity contribution < 1.29 is 85.2 Å². The molecule has 0 aliphatic carbocycles. The number of aromatic nitrogens is 3. The number of hydrogen-bond acceptors (Lipinski definition) is 10. The number of carbonyl (C=O) groups is 3. The van der Waals surface area contributed by atoms with E-state index in [1.54, 1.807) is 37.2 Å². The van der Waals surface area contributed by atoms with Crippen LogP contribution >= 0.6 is 0 Å². The maximum Gasteiger partial charge on any atom is 0.336 e. The Labute approximate surface area is 214 Å². The van der Waals surface area contributed by atoms with E-state index in [4.69, 9.17) is 50.4 Å². The highest BCUT2D eigenvalue weighted by Crippen LogP contribution is 1.92. The lowest BCUT2D eigenvalue weighted by molar-refractivity contribution is -0.378. The van der Waals surface area contributed by atoms with Crippen LogP contribution in [0.5, 0.6) is 0 Å². The first-order chi connectivity index (χ1) is 16.9. The standard InChI is InChI=1S/3C6H5NO2.2H2O4S.H2O/c3*8-6(9)5-1-3-7-4-2-5;2*1-5(2,3)4;/h3*1-4H,(H,8,9);2*(H2,1,2,3,4);1H2. The van der Waals surface area contributed by atoms with E-state index in [2.05, 4.69) is 15.0 Å². The van der Waals surface area contributed by atoms with Crippen molar-refractivity contribution in [3.63, 3.8) is 0 Å². The van der Waals surface area contributed by atoms with Gasteiger partial charge in [-0.25, -0.2) is 37.8 Å². The molecular weight excluding hydrogens is 562 g/mol. The molecule has 0 bridgehead atoms. The van der Waals surface area contributed by atoms with Crippen molar-refractivity contribution in [2.75, 3.05) is 0 Å². The molecule has 0 atom stereocenters. The molecule has 3 rings (SSSR count). The van der Waals surface area contributed by atoms with Crippen LogP contribution in [0.25, 0.3) is 0 Å². The van der Waals surface area contributed by atoms with Crippen LogP contribution in [0.15, 0.2) is 73.6 Å². The fourth-order valence-electron chi connectivity index (χ4n) is 1.59. The summed E-state index contributed by atoms with van der Waals surface area (Å²) in [6, 6.07) is 9.01. The lowest BCUT2D eigenvalue weighted by Crippen LogP contribution is -2.02. The fraction of sp³-hybridized carbons (Fsp3) is 0. The van der Waals surface area contributed by atoms with Crippen LogP contribution < -0.4 is 15.0 Å². The van der Waals surface area contributed by atoms with E-state index in [0.717, 1.165) is 0 Å². The molecule has 0 radical (unpaired) electrons. The number of pyridine rings is 3. The largest absolute Gasteiger partial charge is 0.759 e. The molecular formula is C18H21N3O15S2. The minimum atomic E-state index is -5.17. The topological polar surface area (TPSA) is 344 Å². The summed E-state index contributed by atoms with van der Waals surface area (Å²) in [5, 5.41) is 25.1. The van der Waals surface area contributed by atoms with Crippen LogP contribution in [0.2, 0.25) is 0 Å². The van der Waals surface area contributed by atoms with E-state index in [1.807, 2.05) is 0 Å². The summed E-state index contributed by atoms with van der Waals surface area (Å²) in [5.41, 5.74) is 0.899. The molecule has 210 valence electrons. The third kappa shape index (κ3) is 29.6. The lowest BCUT2D eigenvalue weighted by Gasteiger charge is -2.06. The van der Waals surface area contributed by atoms with Crippen molar-refractivity contribution in [1.29, 1.82) is 0 Å². The highest BCUT2D eigenvalue weighted by molar-refractivity contribution is 7.80. The highest BCUT2D eigenvalue weighted by atomic mass is 32.3. The Bertz CT molecular complexity index is 1140. The van der Waals surface area contributed by atoms with Crippen LogP contribution in [-0.4, -0.2) is 73.8 Å². The van der Waals surface area contributed by atoms with Gasteiger partial charge in [0.25, 0.3) is 0 Å². The molecule has 0 saturated heterocycles. The molecule has 20 heteroatoms. The Balaban J connectivity index is -0.000000411. The Kier molecular flexibility index (Phi) is 19.8. The van der Waals surface area contributed by atoms with Crippen LogP contribution in [0.1, 0.15) is 31.1 Å². The van der Waals surface area contributed by atoms with Crippen molar-refractivity contribution in [2.45, 2.75) is 0 Å². The Hall–Kier alpha value is -4.44. The van der Waals surface area contributed by atoms with Gasteiger partial charge in [0.2, 0.25) is 10.4 Å². The molecule has 3 aromatic rings. The molecule has 0 aliphatic heterocycles. The molecule has 18 nitrogen and oxygen atoms in total. The molecule has 9 N–H and O–H groups in total. The monoisotopic (exact) mass is 583 g/mol. The predicted molar refractivity (Wildman–Crippen MR) is 116 cm³/mol. The lowest BCUT2D eigenvalue weighted by atomic mass is 10.3. The zero-order valence-electron chi connectivity index (χ0n) is 18.6. The van der Waals surface area contributed by atoms with E-state index >= 15 is 0 Å². The first kappa shape index (κ1) is 38.1. The quantitative estimate of drug-likeness (QED) is 0.182. The van der Waals surface area contributed by atoms with Crippen LogP contribution in [0, 0.1) is 0 Å². The summed E-state index contributed by atoms with van der Waals surface area (Å²) in [4.78, 5) is 38.7. The zero-order chi connectivity index (χ0) is 29.1. The average Bonchev–Trinajstić information content (AvgIpc) is 2.79. The third-order valence-corrected chi connectivity index (χ3v) is 2.90. The number of aromatic amines is 3. The van der Waals surface area contributed by atoms with Gasteiger partial charge in [0.1, 0.15) is 0 Å². The van der Waals surface area contributed by atoms with Crippen molar-refractivity contribution in [1.82, 2.24) is 0 Å². The van der Waals surface area contributed by atoms with Crippen molar-refractivity contribution >= 4 is 38.7 Å². The SMILES string of the molecule is O.O=C(O)c1cc[nH+]cc1.O=C(O)c1cc[nH+]cc1.O=C(O)c1cc[nH+]cc1.O=S(=O)([O-])O.O=S(=O)([O-])[O-]. The minimum absolute atomic E-state index is 0. The van der Waals surface area contributed by atoms with Crippen LogP contribution in [0.3, 0.4) is 0 Å². The van der Waals surface area contributed by atoms with E-state index in [0.29, 0.717) is 16.7 Å². The number of rotatable bonds is 3. The summed E-state index contributed by atoms with van der Waals surface area (Å²) in [6.45, 7) is 0. The number of aromatic carboxylic acids is 3. The number of nitrogens with one attached hydrogen (secondary N) is 3. The van der Waals surface area contributed by atoms with Crippen molar-refractivity contribution in [3.05, 3.63) is 90.3 Å². The highest BCUT2D eigenvalue weighted by Gasteiger charge is 2.01. The van der Waals surface area contributed by atoms with Gasteiger partial charge < -0.3 is 34.5 Å². The van der Waals surface area contributed by atoms with E-state index < -0.39 is 38.7 Å². The van der Waals surface area contributed by atoms with Gasteiger partial charge in [-0.3, -0.25) is 13.0 Å². The maximum atomic E-state index is 10.2. The normalized spacial score (nSPS) is 9.37. The van der Waals surface area contributed by atoms with Gasteiger partial charge in [-0.05, 0) is 0 Å². The first-order valence-electron chi connectivity index (χ1n) is 8.85. The molecule has 3 aromatic heterocycles. The molecule has 0 aromatic carbocycles. The third-order valence-electron chi connectivity index (χ3n) is 2.90. The Morgan fingerprint density at radius 3 is 0.763 bits per heavy atom. The van der Waals surface area contributed by atoms with Gasteiger partial charge >= 0.3 is 17.9 Å². The van der Waals surface area contributed by atoms with Gasteiger partial charge in [-0.2, -0.15) is 0 Å². The molecule has 0 spiro atoms. The summed E-state index contributed by atoms with van der Waals surface area (Å²) >= 11 is 0. The van der Waals surface area contributed by atoms with Crippen molar-refractivity contribution in [3.8, 4) is 0 Å². The predicted octanol–water partition coefficient (Wildman–Crippen LogP) is -2.56. The van der Waals surface area contributed by atoms with Gasteiger partial charge in [0.15, 0.2) is 37.2 Å². The second-order valence-corrected chi connectivity index (χ2v) is 7.29. The molecule has 0 amide bonds. The van der Waals surface area contributed by atoms with Gasteiger partial charge in [-0.15, -0.1) is 0 Å². The zero-order valence-corrected chi connectivity index (χ0v) is 20.2. The minimum Gasteiger partial charge on any atom is -0.759 e. The number of hydrogen-bond donors (Lipinski definition) is 4. The van der Waals surface area contributed by atoms with E-state index in [-0.39, 0.29) is 5.48 Å². The molecule has 38 heavy (non-hydrogen) atoms. The Morgan fingerprint density at radius 2 is 0.684 bits per heavy atom. The summed E-state index contributed by atoms with van der Waals surface area (Å²) in [7, 11) is -10.1. The van der Waals surface area contributed by atoms with Crippen LogP contribution in [-0.2, 0) is 20.8 Å².